The van der Waals surface area contributed by atoms with E-state index in [2.05, 4.69) is 0 Å². The van der Waals surface area contributed by atoms with E-state index in [-0.39, 0.29) is 11.9 Å². The van der Waals surface area contributed by atoms with Gasteiger partial charge in [-0.1, -0.05) is 83.4 Å². The second-order valence-electron chi connectivity index (χ2n) is 7.40. The lowest BCUT2D eigenvalue weighted by atomic mass is 9.95. The lowest BCUT2D eigenvalue weighted by Crippen LogP contribution is -2.66. The van der Waals surface area contributed by atoms with Crippen molar-refractivity contribution in [2.75, 3.05) is 4.90 Å². The van der Waals surface area contributed by atoms with Crippen LogP contribution in [0.1, 0.15) is 16.7 Å². The number of rotatable bonds is 5. The van der Waals surface area contributed by atoms with Crippen LogP contribution in [0.3, 0.4) is 0 Å². The molecule has 152 valence electrons. The minimum Gasteiger partial charge on any atom is -0.478 e. The molecule has 30 heavy (non-hydrogen) atoms. The second-order valence-corrected chi connectivity index (χ2v) is 8.28. The van der Waals surface area contributed by atoms with Crippen molar-refractivity contribution in [3.8, 4) is 5.75 Å². The van der Waals surface area contributed by atoms with Gasteiger partial charge in [0.1, 0.15) is 11.8 Å². The summed E-state index contributed by atoms with van der Waals surface area (Å²) in [6, 6.07) is 20.7. The highest BCUT2D eigenvalue weighted by Gasteiger charge is 2.49. The summed E-state index contributed by atoms with van der Waals surface area (Å²) in [5.74, 6) is 0.580. The SMILES string of the molecule is Cc1ccc(OC2C(=O)N(c3cc(Cl)cc(Cl)c3)C2/C=C/c2ccccc2)c(C)c1. The maximum Gasteiger partial charge on any atom is 0.271 e. The van der Waals surface area contributed by atoms with Gasteiger partial charge in [0, 0.05) is 15.7 Å². The molecule has 1 aliphatic heterocycles. The largest absolute Gasteiger partial charge is 0.478 e. The van der Waals surface area contributed by atoms with Crippen LogP contribution in [0, 0.1) is 13.8 Å². The number of halogens is 2. The van der Waals surface area contributed by atoms with E-state index in [9.17, 15) is 4.79 Å². The van der Waals surface area contributed by atoms with E-state index in [1.807, 2.05) is 74.5 Å². The molecular weight excluding hydrogens is 417 g/mol. The Morgan fingerprint density at radius 3 is 2.30 bits per heavy atom. The van der Waals surface area contributed by atoms with E-state index in [1.54, 1.807) is 23.1 Å². The van der Waals surface area contributed by atoms with Crippen LogP contribution in [0.25, 0.3) is 6.08 Å². The first kappa shape index (κ1) is 20.5. The van der Waals surface area contributed by atoms with E-state index in [1.165, 1.54) is 0 Å². The van der Waals surface area contributed by atoms with Crippen molar-refractivity contribution in [2.24, 2.45) is 0 Å². The van der Waals surface area contributed by atoms with Crippen LogP contribution in [-0.4, -0.2) is 18.1 Å². The minimum atomic E-state index is -0.621. The molecule has 0 aromatic heterocycles. The lowest BCUT2D eigenvalue weighted by Gasteiger charge is -2.45. The topological polar surface area (TPSA) is 29.5 Å². The smallest absolute Gasteiger partial charge is 0.271 e. The van der Waals surface area contributed by atoms with Gasteiger partial charge in [-0.15, -0.1) is 0 Å². The fourth-order valence-electron chi connectivity index (χ4n) is 3.61. The molecule has 0 spiro atoms. The Bertz CT molecular complexity index is 1090. The number of aryl methyl sites for hydroxylation is 2. The van der Waals surface area contributed by atoms with Crippen molar-refractivity contribution in [2.45, 2.75) is 26.0 Å². The van der Waals surface area contributed by atoms with Gasteiger partial charge in [-0.05, 0) is 49.2 Å². The quantitative estimate of drug-likeness (QED) is 0.427. The summed E-state index contributed by atoms with van der Waals surface area (Å²) in [6.07, 6.45) is 3.36. The third-order valence-electron chi connectivity index (χ3n) is 5.08. The molecule has 2 unspecified atom stereocenters. The molecular formula is C25H21Cl2NO2. The van der Waals surface area contributed by atoms with Crippen LogP contribution in [0.15, 0.2) is 72.8 Å². The molecule has 0 radical (unpaired) electrons. The molecule has 0 bridgehead atoms. The molecule has 4 rings (SSSR count). The zero-order valence-corrected chi connectivity index (χ0v) is 18.2. The number of β-lactam (4-membered cyclic amide) rings is 1. The van der Waals surface area contributed by atoms with Gasteiger partial charge in [-0.25, -0.2) is 0 Å². The Labute approximate surface area is 186 Å². The predicted molar refractivity (Wildman–Crippen MR) is 124 cm³/mol. The summed E-state index contributed by atoms with van der Waals surface area (Å²) < 4.78 is 6.15. The maximum atomic E-state index is 13.1. The van der Waals surface area contributed by atoms with Gasteiger partial charge in [0.05, 0.1) is 0 Å². The number of nitrogens with zero attached hydrogens (tertiary/aromatic N) is 1. The van der Waals surface area contributed by atoms with Crippen molar-refractivity contribution < 1.29 is 9.53 Å². The van der Waals surface area contributed by atoms with Crippen LogP contribution in [0.4, 0.5) is 5.69 Å². The zero-order chi connectivity index (χ0) is 21.3. The molecule has 3 aromatic carbocycles. The molecule has 1 amide bonds. The van der Waals surface area contributed by atoms with Gasteiger partial charge in [0.15, 0.2) is 0 Å². The van der Waals surface area contributed by atoms with Gasteiger partial charge in [-0.2, -0.15) is 0 Å². The molecule has 3 aromatic rings. The van der Waals surface area contributed by atoms with Gasteiger partial charge in [-0.3, -0.25) is 9.69 Å². The molecule has 0 aliphatic carbocycles. The van der Waals surface area contributed by atoms with Crippen LogP contribution in [0.5, 0.6) is 5.75 Å². The Hall–Kier alpha value is -2.75. The number of hydrogen-bond acceptors (Lipinski definition) is 2. The number of benzene rings is 3. The van der Waals surface area contributed by atoms with Crippen molar-refractivity contribution in [1.82, 2.24) is 0 Å². The van der Waals surface area contributed by atoms with E-state index in [4.69, 9.17) is 27.9 Å². The fourth-order valence-corrected chi connectivity index (χ4v) is 4.12. The van der Waals surface area contributed by atoms with Crippen molar-refractivity contribution >= 4 is 40.9 Å². The van der Waals surface area contributed by atoms with E-state index in [0.717, 1.165) is 16.7 Å². The molecule has 2 atom stereocenters. The third kappa shape index (κ3) is 4.23. The number of anilines is 1. The molecule has 5 heteroatoms. The molecule has 0 N–H and O–H groups in total. The summed E-state index contributed by atoms with van der Waals surface area (Å²) in [7, 11) is 0. The Balaban J connectivity index is 1.66. The van der Waals surface area contributed by atoms with Crippen molar-refractivity contribution in [3.05, 3.63) is 99.5 Å². The average Bonchev–Trinajstić information content (AvgIpc) is 2.70. The number of carbonyl (C=O) groups excluding carboxylic acids is 1. The van der Waals surface area contributed by atoms with Gasteiger partial charge < -0.3 is 4.74 Å². The molecule has 1 aliphatic rings. The van der Waals surface area contributed by atoms with Crippen LogP contribution in [0.2, 0.25) is 10.0 Å². The Morgan fingerprint density at radius 2 is 1.63 bits per heavy atom. The Kier molecular flexibility index (Phi) is 5.85. The summed E-state index contributed by atoms with van der Waals surface area (Å²) in [4.78, 5) is 14.7. The number of ether oxygens (including phenoxy) is 1. The first-order valence-corrected chi connectivity index (χ1v) is 10.4. The van der Waals surface area contributed by atoms with Crippen LogP contribution < -0.4 is 9.64 Å². The molecule has 1 heterocycles. The first-order valence-electron chi connectivity index (χ1n) is 9.69. The van der Waals surface area contributed by atoms with Crippen molar-refractivity contribution in [1.29, 1.82) is 0 Å². The molecule has 3 nitrogen and oxygen atoms in total. The second kappa shape index (κ2) is 8.55. The zero-order valence-electron chi connectivity index (χ0n) is 16.7. The fraction of sp³-hybridized carbons (Fsp3) is 0.160. The highest BCUT2D eigenvalue weighted by molar-refractivity contribution is 6.35. The summed E-state index contributed by atoms with van der Waals surface area (Å²) in [5, 5.41) is 0.963. The lowest BCUT2D eigenvalue weighted by molar-refractivity contribution is -0.133. The van der Waals surface area contributed by atoms with Gasteiger partial charge >= 0.3 is 0 Å². The summed E-state index contributed by atoms with van der Waals surface area (Å²) >= 11 is 12.3. The van der Waals surface area contributed by atoms with Gasteiger partial charge in [0.25, 0.3) is 5.91 Å². The van der Waals surface area contributed by atoms with Crippen molar-refractivity contribution in [3.63, 3.8) is 0 Å². The Morgan fingerprint density at radius 1 is 0.933 bits per heavy atom. The number of hydrogen-bond donors (Lipinski definition) is 0. The maximum absolute atomic E-state index is 13.1. The minimum absolute atomic E-state index is 0.129. The average molecular weight is 438 g/mol. The normalized spacial score (nSPS) is 18.5. The monoisotopic (exact) mass is 437 g/mol. The molecule has 0 saturated carbocycles. The summed E-state index contributed by atoms with van der Waals surface area (Å²) in [5.41, 5.74) is 3.85. The highest BCUT2D eigenvalue weighted by atomic mass is 35.5. The molecule has 1 fully saturated rings. The summed E-state index contributed by atoms with van der Waals surface area (Å²) in [6.45, 7) is 4.01. The third-order valence-corrected chi connectivity index (χ3v) is 5.52. The van der Waals surface area contributed by atoms with E-state index >= 15 is 0 Å². The van der Waals surface area contributed by atoms with Gasteiger partial charge in [0.2, 0.25) is 6.10 Å². The van der Waals surface area contributed by atoms with Crippen LogP contribution in [-0.2, 0) is 4.79 Å². The highest BCUT2D eigenvalue weighted by Crippen LogP contribution is 2.36. The van der Waals surface area contributed by atoms with E-state index in [0.29, 0.717) is 21.5 Å². The predicted octanol–water partition coefficient (Wildman–Crippen LogP) is 6.49. The number of carbonyl (C=O) groups is 1. The number of amides is 1. The van der Waals surface area contributed by atoms with E-state index < -0.39 is 6.10 Å². The molecule has 1 saturated heterocycles. The standard InChI is InChI=1S/C25H21Cl2NO2/c1-16-8-11-23(17(2)12-16)30-24-22(10-9-18-6-4-3-5-7-18)28(25(24)29)21-14-19(26)13-20(27)15-21/h3-15,22,24H,1-2H3/b10-9+. The first-order chi connectivity index (χ1) is 14.4. The van der Waals surface area contributed by atoms with Crippen LogP contribution >= 0.6 is 23.2 Å².